The predicted octanol–water partition coefficient (Wildman–Crippen LogP) is 11.9. The first kappa shape index (κ1) is 28.6. The Balaban J connectivity index is 1.05. The molecule has 0 saturated heterocycles. The molecule has 1 aliphatic rings. The number of aliphatic imine (C=N–C) groups is 1. The molecule has 0 aliphatic carbocycles. The third-order valence-corrected chi connectivity index (χ3v) is 11.3. The van der Waals surface area contributed by atoms with Crippen molar-refractivity contribution >= 4 is 81.2 Å². The molecule has 2 unspecified atom stereocenters. The number of furan rings is 2. The number of hydrogen-bond acceptors (Lipinski definition) is 6. The molecule has 11 rings (SSSR count). The van der Waals surface area contributed by atoms with Crippen LogP contribution in [0, 0.1) is 0 Å². The number of amidine groups is 1. The Morgan fingerprint density at radius 2 is 1.27 bits per heavy atom. The van der Waals surface area contributed by atoms with Crippen molar-refractivity contribution in [2.75, 3.05) is 0 Å². The van der Waals surface area contributed by atoms with Crippen LogP contribution in [0.4, 0.5) is 0 Å². The predicted molar refractivity (Wildman–Crippen MR) is 210 cm³/mol. The summed E-state index contributed by atoms with van der Waals surface area (Å²) in [6, 6.07) is 53.0. The molecule has 5 nitrogen and oxygen atoms in total. The fraction of sp³-hybridized carbons (Fsp3) is 0.0444. The van der Waals surface area contributed by atoms with Crippen LogP contribution in [0.2, 0.25) is 0 Å². The van der Waals surface area contributed by atoms with Gasteiger partial charge in [-0.1, -0.05) is 121 Å². The minimum atomic E-state index is -0.312. The van der Waals surface area contributed by atoms with E-state index >= 15 is 0 Å². The minimum absolute atomic E-state index is 0.174. The van der Waals surface area contributed by atoms with E-state index < -0.39 is 0 Å². The smallest absolute Gasteiger partial charge is 0.143 e. The van der Waals surface area contributed by atoms with Crippen LogP contribution >= 0.6 is 11.3 Å². The Bertz CT molecular complexity index is 3010. The van der Waals surface area contributed by atoms with Crippen LogP contribution in [0.1, 0.15) is 29.0 Å². The van der Waals surface area contributed by atoms with Crippen molar-refractivity contribution in [3.63, 3.8) is 0 Å². The maximum atomic E-state index is 6.61. The first-order valence-corrected chi connectivity index (χ1v) is 18.0. The summed E-state index contributed by atoms with van der Waals surface area (Å²) in [7, 11) is 0. The molecule has 2 atom stereocenters. The van der Waals surface area contributed by atoms with E-state index in [9.17, 15) is 0 Å². The van der Waals surface area contributed by atoms with E-state index in [1.54, 1.807) is 0 Å². The van der Waals surface area contributed by atoms with Crippen LogP contribution in [-0.2, 0) is 0 Å². The molecule has 0 amide bonds. The average Bonchev–Trinajstić information content (AvgIpc) is 3.89. The SMILES string of the molecule is c1ccc(C2=NC(c3ccc4c(c3)oc3cccc(-c5cccc6c5oc5ccccc56)c34)NC(c3cccc4sc5ccccc5c34)N2)cc1. The molecule has 0 fully saturated rings. The fourth-order valence-electron chi connectivity index (χ4n) is 7.87. The van der Waals surface area contributed by atoms with Gasteiger partial charge >= 0.3 is 0 Å². The lowest BCUT2D eigenvalue weighted by atomic mass is 9.97. The molecular formula is C45H29N3O2S. The number of fused-ring (bicyclic) bond motifs is 9. The van der Waals surface area contributed by atoms with Crippen molar-refractivity contribution in [2.24, 2.45) is 4.99 Å². The van der Waals surface area contributed by atoms with E-state index in [0.717, 1.165) is 72.0 Å². The Labute approximate surface area is 296 Å². The number of nitrogens with zero attached hydrogens (tertiary/aromatic N) is 1. The van der Waals surface area contributed by atoms with Gasteiger partial charge in [-0.3, -0.25) is 5.32 Å². The zero-order valence-electron chi connectivity index (χ0n) is 27.3. The first-order chi connectivity index (χ1) is 25.3. The molecule has 0 radical (unpaired) electrons. The third kappa shape index (κ3) is 4.47. The van der Waals surface area contributed by atoms with Crippen LogP contribution in [0.5, 0.6) is 0 Å². The molecule has 7 aromatic carbocycles. The van der Waals surface area contributed by atoms with Crippen molar-refractivity contribution in [3.05, 3.63) is 168 Å². The van der Waals surface area contributed by atoms with Gasteiger partial charge < -0.3 is 14.2 Å². The van der Waals surface area contributed by atoms with Crippen LogP contribution in [0.15, 0.2) is 165 Å². The molecular weight excluding hydrogens is 647 g/mol. The van der Waals surface area contributed by atoms with Crippen molar-refractivity contribution in [2.45, 2.75) is 12.3 Å². The van der Waals surface area contributed by atoms with Gasteiger partial charge in [0.15, 0.2) is 0 Å². The Kier molecular flexibility index (Phi) is 6.26. The Hall–Kier alpha value is -6.21. The van der Waals surface area contributed by atoms with Gasteiger partial charge in [-0.25, -0.2) is 4.99 Å². The summed E-state index contributed by atoms with van der Waals surface area (Å²) >= 11 is 1.83. The first-order valence-electron chi connectivity index (χ1n) is 17.2. The monoisotopic (exact) mass is 675 g/mol. The molecule has 6 heteroatoms. The highest BCUT2D eigenvalue weighted by molar-refractivity contribution is 7.25. The number of benzene rings is 7. The van der Waals surface area contributed by atoms with E-state index in [1.807, 2.05) is 35.6 Å². The van der Waals surface area contributed by atoms with E-state index in [1.165, 1.54) is 25.7 Å². The molecule has 0 spiro atoms. The van der Waals surface area contributed by atoms with E-state index in [2.05, 4.69) is 138 Å². The van der Waals surface area contributed by atoms with Gasteiger partial charge in [0, 0.05) is 52.8 Å². The highest BCUT2D eigenvalue weighted by Gasteiger charge is 2.28. The third-order valence-electron chi connectivity index (χ3n) is 10.2. The second-order valence-corrected chi connectivity index (χ2v) is 14.2. The summed E-state index contributed by atoms with van der Waals surface area (Å²) in [4.78, 5) is 5.25. The van der Waals surface area contributed by atoms with Crippen LogP contribution in [0.3, 0.4) is 0 Å². The highest BCUT2D eigenvalue weighted by Crippen LogP contribution is 2.43. The number of rotatable bonds is 4. The van der Waals surface area contributed by atoms with Crippen molar-refractivity contribution in [3.8, 4) is 11.1 Å². The van der Waals surface area contributed by atoms with Crippen LogP contribution in [0.25, 0.3) is 75.2 Å². The minimum Gasteiger partial charge on any atom is -0.456 e. The summed E-state index contributed by atoms with van der Waals surface area (Å²) in [5, 5.41) is 14.5. The zero-order chi connectivity index (χ0) is 33.5. The summed E-state index contributed by atoms with van der Waals surface area (Å²) < 4.78 is 15.6. The molecule has 10 aromatic rings. The second kappa shape index (κ2) is 11.2. The lowest BCUT2D eigenvalue weighted by Gasteiger charge is -2.32. The van der Waals surface area contributed by atoms with Gasteiger partial charge in [-0.2, -0.15) is 0 Å². The number of para-hydroxylation sites is 2. The lowest BCUT2D eigenvalue weighted by Crippen LogP contribution is -2.45. The maximum absolute atomic E-state index is 6.61. The largest absolute Gasteiger partial charge is 0.456 e. The van der Waals surface area contributed by atoms with Crippen molar-refractivity contribution < 1.29 is 8.83 Å². The molecule has 0 bridgehead atoms. The van der Waals surface area contributed by atoms with Crippen LogP contribution < -0.4 is 10.6 Å². The molecule has 1 aliphatic heterocycles. The Morgan fingerprint density at radius 1 is 0.529 bits per heavy atom. The Morgan fingerprint density at radius 3 is 2.22 bits per heavy atom. The molecule has 4 heterocycles. The van der Waals surface area contributed by atoms with Gasteiger partial charge in [-0.15, -0.1) is 11.3 Å². The number of thiophene rings is 1. The maximum Gasteiger partial charge on any atom is 0.143 e. The lowest BCUT2D eigenvalue weighted by molar-refractivity contribution is 0.411. The summed E-state index contributed by atoms with van der Waals surface area (Å²) in [6.07, 6.45) is -0.486. The molecule has 3 aromatic heterocycles. The van der Waals surface area contributed by atoms with E-state index in [-0.39, 0.29) is 12.3 Å². The van der Waals surface area contributed by atoms with Gasteiger partial charge in [0.2, 0.25) is 0 Å². The van der Waals surface area contributed by atoms with Gasteiger partial charge in [-0.05, 0) is 47.0 Å². The second-order valence-electron chi connectivity index (χ2n) is 13.1. The fourth-order valence-corrected chi connectivity index (χ4v) is 9.01. The van der Waals surface area contributed by atoms with Crippen LogP contribution in [-0.4, -0.2) is 5.84 Å². The quantitative estimate of drug-likeness (QED) is 0.195. The normalized spacial score (nSPS) is 16.4. The summed E-state index contributed by atoms with van der Waals surface area (Å²) in [6.45, 7) is 0. The standard InChI is InChI=1S/C45H29N3O2S/c1-2-11-26(12-3-1)43-46-44(48-45(47-43)34-18-10-22-39-41(34)33-14-5-7-21-38(33)51-39)27-23-24-32-37(25-27)49-36-20-9-15-29(40(32)36)31-17-8-16-30-28-13-4-6-19-35(28)50-42(30)31/h1-25,44-45,48H,(H,46,47). The molecule has 242 valence electrons. The highest BCUT2D eigenvalue weighted by atomic mass is 32.1. The van der Waals surface area contributed by atoms with Crippen molar-refractivity contribution in [1.82, 2.24) is 10.6 Å². The van der Waals surface area contributed by atoms with Gasteiger partial charge in [0.05, 0.1) is 0 Å². The molecule has 0 saturated carbocycles. The molecule has 51 heavy (non-hydrogen) atoms. The van der Waals surface area contributed by atoms with Crippen molar-refractivity contribution in [1.29, 1.82) is 0 Å². The summed E-state index contributed by atoms with van der Waals surface area (Å²) in [5.74, 6) is 0.854. The van der Waals surface area contributed by atoms with Gasteiger partial charge in [0.25, 0.3) is 0 Å². The zero-order valence-corrected chi connectivity index (χ0v) is 28.1. The summed E-state index contributed by atoms with van der Waals surface area (Å²) in [5.41, 5.74) is 8.86. The topological polar surface area (TPSA) is 62.7 Å². The van der Waals surface area contributed by atoms with E-state index in [0.29, 0.717) is 0 Å². The number of nitrogens with one attached hydrogen (secondary N) is 2. The van der Waals surface area contributed by atoms with E-state index in [4.69, 9.17) is 13.8 Å². The number of hydrogen-bond donors (Lipinski definition) is 2. The molecule has 2 N–H and O–H groups in total. The average molecular weight is 676 g/mol. The van der Waals surface area contributed by atoms with Gasteiger partial charge in [0.1, 0.15) is 40.5 Å².